The Bertz CT molecular complexity index is 1340. The number of aliphatic hydroxyl groups is 1. The summed E-state index contributed by atoms with van der Waals surface area (Å²) in [5.41, 5.74) is 2.80. The highest BCUT2D eigenvalue weighted by Gasteiger charge is 2.19. The summed E-state index contributed by atoms with van der Waals surface area (Å²) < 4.78 is 8.32. The lowest BCUT2D eigenvalue weighted by Crippen LogP contribution is -2.30. The Morgan fingerprint density at radius 3 is 2.56 bits per heavy atom. The fourth-order valence-corrected chi connectivity index (χ4v) is 3.17. The first-order valence-corrected chi connectivity index (χ1v) is 9.92. The number of hydrogen-bond donors (Lipinski definition) is 3. The molecule has 0 aliphatic heterocycles. The van der Waals surface area contributed by atoms with Crippen LogP contribution in [-0.4, -0.2) is 43.1 Å². The topological polar surface area (TPSA) is 127 Å². The van der Waals surface area contributed by atoms with E-state index in [9.17, 15) is 14.7 Å². The van der Waals surface area contributed by atoms with Gasteiger partial charge in [0.25, 0.3) is 5.56 Å². The monoisotopic (exact) mass is 434 g/mol. The third-order valence-electron chi connectivity index (χ3n) is 4.76. The smallest absolute Gasteiger partial charge is 0.329 e. The number of anilines is 1. The fourth-order valence-electron chi connectivity index (χ4n) is 3.17. The van der Waals surface area contributed by atoms with Crippen molar-refractivity contribution in [3.63, 3.8) is 0 Å². The van der Waals surface area contributed by atoms with E-state index in [1.54, 1.807) is 18.3 Å². The molecular weight excluding hydrogens is 412 g/mol. The fraction of sp³-hybridized carbons (Fsp3) is 0.182. The molecule has 0 saturated carbocycles. The number of aromatic nitrogens is 4. The van der Waals surface area contributed by atoms with Crippen LogP contribution in [0.2, 0.25) is 0 Å². The van der Waals surface area contributed by atoms with Crippen molar-refractivity contribution in [1.29, 1.82) is 0 Å². The molecule has 0 bridgehead atoms. The molecule has 0 aliphatic rings. The molecule has 0 amide bonds. The number of nitrogens with zero attached hydrogens (tertiary/aromatic N) is 4. The summed E-state index contributed by atoms with van der Waals surface area (Å²) in [7, 11) is 1.50. The normalized spacial score (nSPS) is 12.3. The van der Waals surface area contributed by atoms with Gasteiger partial charge >= 0.3 is 5.69 Å². The van der Waals surface area contributed by atoms with E-state index in [4.69, 9.17) is 4.74 Å². The molecule has 10 nitrogen and oxygen atoms in total. The van der Waals surface area contributed by atoms with Gasteiger partial charge in [0.1, 0.15) is 18.5 Å². The van der Waals surface area contributed by atoms with Crippen LogP contribution in [0.15, 0.2) is 75.4 Å². The Hall–Kier alpha value is -4.18. The molecule has 10 heteroatoms. The summed E-state index contributed by atoms with van der Waals surface area (Å²) in [5, 5.41) is 14.7. The van der Waals surface area contributed by atoms with Crippen LogP contribution in [0.25, 0.3) is 11.2 Å². The van der Waals surface area contributed by atoms with E-state index in [-0.39, 0.29) is 30.3 Å². The molecule has 1 atom stereocenters. The maximum Gasteiger partial charge on any atom is 0.329 e. The van der Waals surface area contributed by atoms with Crippen molar-refractivity contribution >= 4 is 23.3 Å². The first-order valence-electron chi connectivity index (χ1n) is 9.92. The standard InChI is InChI=1S/C22H22N6O4/c1-27-19-18(20(30)25-22(27)31)28(13-16(29)14-32-17-10-6-3-7-11-17)21(24-19)26-23-12-15-8-4-2-5-9-15/h2-12,16,29H,13-14H2,1H3,(H,24,26)(H,25,30,31)/b23-12-/t16-/m0/s1. The van der Waals surface area contributed by atoms with E-state index in [1.807, 2.05) is 48.5 Å². The molecule has 0 unspecified atom stereocenters. The SMILES string of the molecule is Cn1c(=O)[nH]c(=O)c2c1nc(N/N=C\c1ccccc1)n2C[C@H](O)COc1ccccc1. The van der Waals surface area contributed by atoms with E-state index in [1.165, 1.54) is 16.2 Å². The number of hydrazone groups is 1. The van der Waals surface area contributed by atoms with Crippen molar-refractivity contribution in [1.82, 2.24) is 19.1 Å². The highest BCUT2D eigenvalue weighted by atomic mass is 16.5. The lowest BCUT2D eigenvalue weighted by atomic mass is 10.2. The molecule has 0 spiro atoms. The maximum absolute atomic E-state index is 12.5. The van der Waals surface area contributed by atoms with Crippen LogP contribution in [0.1, 0.15) is 5.56 Å². The average Bonchev–Trinajstić information content (AvgIpc) is 3.16. The Balaban J connectivity index is 1.63. The van der Waals surface area contributed by atoms with Gasteiger partial charge in [0.2, 0.25) is 5.95 Å². The van der Waals surface area contributed by atoms with Crippen molar-refractivity contribution in [2.45, 2.75) is 12.6 Å². The zero-order valence-corrected chi connectivity index (χ0v) is 17.3. The molecule has 2 aromatic carbocycles. The Morgan fingerprint density at radius 2 is 1.84 bits per heavy atom. The van der Waals surface area contributed by atoms with Gasteiger partial charge < -0.3 is 14.4 Å². The van der Waals surface area contributed by atoms with Crippen LogP contribution in [0.3, 0.4) is 0 Å². The number of H-pyrrole nitrogens is 1. The van der Waals surface area contributed by atoms with Gasteiger partial charge in [0, 0.05) is 7.05 Å². The summed E-state index contributed by atoms with van der Waals surface area (Å²) in [6, 6.07) is 18.5. The number of fused-ring (bicyclic) bond motifs is 1. The number of imidazole rings is 1. The second kappa shape index (κ2) is 9.31. The number of aryl methyl sites for hydroxylation is 1. The van der Waals surface area contributed by atoms with Crippen LogP contribution in [-0.2, 0) is 13.6 Å². The highest BCUT2D eigenvalue weighted by molar-refractivity contribution is 5.80. The molecule has 3 N–H and O–H groups in total. The van der Waals surface area contributed by atoms with Gasteiger partial charge in [-0.3, -0.25) is 14.3 Å². The summed E-state index contributed by atoms with van der Waals surface area (Å²) in [4.78, 5) is 31.2. The van der Waals surface area contributed by atoms with E-state index in [0.29, 0.717) is 5.75 Å². The summed E-state index contributed by atoms with van der Waals surface area (Å²) in [6.45, 7) is -0.00607. The Labute approximate surface area is 182 Å². The summed E-state index contributed by atoms with van der Waals surface area (Å²) in [5.74, 6) is 0.825. The van der Waals surface area contributed by atoms with Crippen molar-refractivity contribution in [2.75, 3.05) is 12.0 Å². The zero-order chi connectivity index (χ0) is 22.5. The first kappa shape index (κ1) is 21.1. The minimum Gasteiger partial charge on any atom is -0.491 e. The number of benzene rings is 2. The molecule has 0 fully saturated rings. The largest absolute Gasteiger partial charge is 0.491 e. The van der Waals surface area contributed by atoms with Gasteiger partial charge in [-0.05, 0) is 17.7 Å². The van der Waals surface area contributed by atoms with Crippen molar-refractivity contribution in [2.24, 2.45) is 12.1 Å². The molecule has 0 saturated heterocycles. The number of ether oxygens (including phenoxy) is 1. The maximum atomic E-state index is 12.5. The lowest BCUT2D eigenvalue weighted by molar-refractivity contribution is 0.0938. The lowest BCUT2D eigenvalue weighted by Gasteiger charge is -2.15. The molecule has 2 aromatic heterocycles. The predicted molar refractivity (Wildman–Crippen MR) is 121 cm³/mol. The third-order valence-corrected chi connectivity index (χ3v) is 4.76. The molecule has 4 rings (SSSR count). The number of nitrogens with one attached hydrogen (secondary N) is 2. The molecule has 32 heavy (non-hydrogen) atoms. The van der Waals surface area contributed by atoms with E-state index in [0.717, 1.165) is 5.56 Å². The van der Waals surface area contributed by atoms with Gasteiger partial charge in [-0.25, -0.2) is 10.2 Å². The quantitative estimate of drug-likeness (QED) is 0.284. The predicted octanol–water partition coefficient (Wildman–Crippen LogP) is 1.31. The third kappa shape index (κ3) is 4.60. The zero-order valence-electron chi connectivity index (χ0n) is 17.3. The molecule has 4 aromatic rings. The molecule has 164 valence electrons. The van der Waals surface area contributed by atoms with E-state index in [2.05, 4.69) is 20.5 Å². The van der Waals surface area contributed by atoms with Crippen molar-refractivity contribution in [3.8, 4) is 5.75 Å². The van der Waals surface area contributed by atoms with Gasteiger partial charge in [-0.1, -0.05) is 48.5 Å². The molecule has 2 heterocycles. The van der Waals surface area contributed by atoms with Gasteiger partial charge in [0.15, 0.2) is 11.2 Å². The summed E-state index contributed by atoms with van der Waals surface area (Å²) >= 11 is 0. The van der Waals surface area contributed by atoms with Gasteiger partial charge in [-0.2, -0.15) is 10.1 Å². The number of para-hydroxylation sites is 1. The Morgan fingerprint density at radius 1 is 1.16 bits per heavy atom. The van der Waals surface area contributed by atoms with Crippen LogP contribution in [0.5, 0.6) is 5.75 Å². The van der Waals surface area contributed by atoms with Gasteiger partial charge in [-0.15, -0.1) is 0 Å². The molecule has 0 aliphatic carbocycles. The number of rotatable bonds is 8. The van der Waals surface area contributed by atoms with Crippen LogP contribution in [0.4, 0.5) is 5.95 Å². The highest BCUT2D eigenvalue weighted by Crippen LogP contribution is 2.17. The van der Waals surface area contributed by atoms with Gasteiger partial charge in [0.05, 0.1) is 12.8 Å². The van der Waals surface area contributed by atoms with E-state index >= 15 is 0 Å². The van der Waals surface area contributed by atoms with Crippen LogP contribution >= 0.6 is 0 Å². The summed E-state index contributed by atoms with van der Waals surface area (Å²) in [6.07, 6.45) is 0.643. The number of hydrogen-bond acceptors (Lipinski definition) is 7. The molecule has 0 radical (unpaired) electrons. The number of aliphatic hydroxyl groups excluding tert-OH is 1. The number of aromatic amines is 1. The second-order valence-corrected chi connectivity index (χ2v) is 7.10. The first-order chi connectivity index (χ1) is 15.5. The van der Waals surface area contributed by atoms with Crippen molar-refractivity contribution in [3.05, 3.63) is 87.1 Å². The molecular formula is C22H22N6O4. The van der Waals surface area contributed by atoms with Crippen LogP contribution in [0, 0.1) is 0 Å². The minimum absolute atomic E-state index is 0.0000781. The minimum atomic E-state index is -0.956. The second-order valence-electron chi connectivity index (χ2n) is 7.10. The Kier molecular flexibility index (Phi) is 6.13. The van der Waals surface area contributed by atoms with Crippen molar-refractivity contribution < 1.29 is 9.84 Å². The average molecular weight is 434 g/mol. The van der Waals surface area contributed by atoms with E-state index < -0.39 is 17.4 Å². The van der Waals surface area contributed by atoms with Crippen LogP contribution < -0.4 is 21.4 Å².